The minimum absolute atomic E-state index is 0.103. The summed E-state index contributed by atoms with van der Waals surface area (Å²) in [4.78, 5) is 23.7. The van der Waals surface area contributed by atoms with Crippen molar-refractivity contribution in [3.05, 3.63) is 70.8 Å². The summed E-state index contributed by atoms with van der Waals surface area (Å²) in [5.41, 5.74) is 2.01. The van der Waals surface area contributed by atoms with Crippen molar-refractivity contribution in [2.45, 2.75) is 25.6 Å². The smallest absolute Gasteiger partial charge is 0.255 e. The molecule has 1 aliphatic heterocycles. The van der Waals surface area contributed by atoms with Gasteiger partial charge < -0.3 is 14.4 Å². The quantitative estimate of drug-likeness (QED) is 0.663. The molecule has 0 amide bonds. The average Bonchev–Trinajstić information content (AvgIpc) is 2.75. The van der Waals surface area contributed by atoms with Crippen LogP contribution in [0, 0.1) is 0 Å². The van der Waals surface area contributed by atoms with Crippen LogP contribution in [0.25, 0.3) is 11.3 Å². The number of morpholine rings is 1. The van der Waals surface area contributed by atoms with Gasteiger partial charge in [-0.3, -0.25) is 14.3 Å². The van der Waals surface area contributed by atoms with Crippen molar-refractivity contribution in [1.82, 2.24) is 14.5 Å². The third kappa shape index (κ3) is 4.07. The lowest BCUT2D eigenvalue weighted by Crippen LogP contribution is -2.51. The molecular weight excluding hydrogens is 380 g/mol. The molecule has 7 nitrogen and oxygen atoms in total. The number of benzene rings is 1. The van der Waals surface area contributed by atoms with Gasteiger partial charge in [0.2, 0.25) is 5.95 Å². The number of methoxy groups -OCH3 is 1. The Morgan fingerprint density at radius 2 is 1.93 bits per heavy atom. The van der Waals surface area contributed by atoms with Crippen LogP contribution < -0.4 is 15.2 Å². The van der Waals surface area contributed by atoms with Crippen LogP contribution in [-0.4, -0.2) is 40.3 Å². The summed E-state index contributed by atoms with van der Waals surface area (Å²) in [5, 5.41) is 0. The largest absolute Gasteiger partial charge is 0.497 e. The zero-order valence-corrected chi connectivity index (χ0v) is 17.7. The van der Waals surface area contributed by atoms with Crippen LogP contribution in [0.2, 0.25) is 0 Å². The number of pyridine rings is 1. The fraction of sp³-hybridized carbons (Fsp3) is 0.348. The highest BCUT2D eigenvalue weighted by Crippen LogP contribution is 2.34. The van der Waals surface area contributed by atoms with Crippen LogP contribution in [0.15, 0.2) is 59.7 Å². The molecule has 0 spiro atoms. The van der Waals surface area contributed by atoms with E-state index < -0.39 is 5.60 Å². The van der Waals surface area contributed by atoms with Gasteiger partial charge in [-0.25, -0.2) is 4.98 Å². The van der Waals surface area contributed by atoms with Crippen molar-refractivity contribution in [3.8, 4) is 17.0 Å². The molecule has 3 heterocycles. The lowest BCUT2D eigenvalue weighted by molar-refractivity contribution is -0.0861. The van der Waals surface area contributed by atoms with E-state index in [4.69, 9.17) is 14.5 Å². The number of nitrogens with zero attached hydrogens (tertiary/aromatic N) is 4. The van der Waals surface area contributed by atoms with Gasteiger partial charge in [-0.1, -0.05) is 12.1 Å². The minimum atomic E-state index is -0.420. The molecule has 4 rings (SSSR count). The van der Waals surface area contributed by atoms with Crippen molar-refractivity contribution >= 4 is 5.95 Å². The number of anilines is 1. The first-order valence-corrected chi connectivity index (χ1v) is 9.91. The summed E-state index contributed by atoms with van der Waals surface area (Å²) in [6, 6.07) is 13.2. The second-order valence-corrected chi connectivity index (χ2v) is 8.10. The zero-order valence-electron chi connectivity index (χ0n) is 17.7. The van der Waals surface area contributed by atoms with E-state index >= 15 is 0 Å². The SMILES string of the molecule is COc1cccc(C2CN(c3nc(-c4ccncc4)cc(=O)n3C)CC(C)(C)O2)c1. The number of aromatic nitrogens is 3. The van der Waals surface area contributed by atoms with E-state index in [0.29, 0.717) is 24.7 Å². The molecule has 1 aromatic carbocycles. The van der Waals surface area contributed by atoms with Crippen molar-refractivity contribution < 1.29 is 9.47 Å². The molecule has 1 saturated heterocycles. The standard InChI is InChI=1S/C23H26N4O3/c1-23(2)15-27(14-20(30-23)17-6-5-7-18(12-17)29-4)22-25-19(13-21(28)26(22)3)16-8-10-24-11-9-16/h5-13,20H,14-15H2,1-4H3. The molecule has 1 aliphatic rings. The number of hydrogen-bond acceptors (Lipinski definition) is 6. The topological polar surface area (TPSA) is 69.5 Å². The Kier molecular flexibility index (Phi) is 5.30. The van der Waals surface area contributed by atoms with Crippen LogP contribution in [0.4, 0.5) is 5.95 Å². The number of rotatable bonds is 4. The van der Waals surface area contributed by atoms with Crippen LogP contribution in [0.5, 0.6) is 5.75 Å². The molecule has 30 heavy (non-hydrogen) atoms. The summed E-state index contributed by atoms with van der Waals surface area (Å²) in [6.45, 7) is 5.30. The van der Waals surface area contributed by atoms with Crippen molar-refractivity contribution in [2.75, 3.05) is 25.1 Å². The first kappa shape index (κ1) is 20.1. The van der Waals surface area contributed by atoms with E-state index in [2.05, 4.69) is 23.7 Å². The minimum Gasteiger partial charge on any atom is -0.497 e. The van der Waals surface area contributed by atoms with Gasteiger partial charge in [-0.2, -0.15) is 0 Å². The molecule has 2 aromatic heterocycles. The number of hydrogen-bond donors (Lipinski definition) is 0. The van der Waals surface area contributed by atoms with E-state index in [-0.39, 0.29) is 11.7 Å². The highest BCUT2D eigenvalue weighted by Gasteiger charge is 2.36. The van der Waals surface area contributed by atoms with Crippen LogP contribution in [0.3, 0.4) is 0 Å². The maximum atomic E-state index is 12.7. The second-order valence-electron chi connectivity index (χ2n) is 8.10. The van der Waals surface area contributed by atoms with Gasteiger partial charge in [-0.05, 0) is 43.7 Å². The Labute approximate surface area is 175 Å². The van der Waals surface area contributed by atoms with E-state index in [1.807, 2.05) is 36.4 Å². The molecule has 156 valence electrons. The summed E-state index contributed by atoms with van der Waals surface area (Å²) >= 11 is 0. The Hall–Kier alpha value is -3.19. The zero-order chi connectivity index (χ0) is 21.3. The maximum absolute atomic E-state index is 12.7. The Balaban J connectivity index is 1.73. The van der Waals surface area contributed by atoms with Crippen LogP contribution in [-0.2, 0) is 11.8 Å². The Morgan fingerprint density at radius 1 is 1.17 bits per heavy atom. The van der Waals surface area contributed by atoms with E-state index in [0.717, 1.165) is 16.9 Å². The van der Waals surface area contributed by atoms with Crippen molar-refractivity contribution in [3.63, 3.8) is 0 Å². The monoisotopic (exact) mass is 406 g/mol. The van der Waals surface area contributed by atoms with Gasteiger partial charge in [0.25, 0.3) is 5.56 Å². The van der Waals surface area contributed by atoms with Crippen molar-refractivity contribution in [1.29, 1.82) is 0 Å². The third-order valence-electron chi connectivity index (χ3n) is 5.25. The first-order chi connectivity index (χ1) is 14.4. The molecule has 0 radical (unpaired) electrons. The molecular formula is C23H26N4O3. The van der Waals surface area contributed by atoms with Gasteiger partial charge in [0.1, 0.15) is 11.9 Å². The highest BCUT2D eigenvalue weighted by molar-refractivity contribution is 5.59. The van der Waals surface area contributed by atoms with Gasteiger partial charge in [0, 0.05) is 37.6 Å². The molecule has 1 fully saturated rings. The van der Waals surface area contributed by atoms with E-state index in [1.54, 1.807) is 37.2 Å². The predicted molar refractivity (Wildman–Crippen MR) is 116 cm³/mol. The fourth-order valence-corrected chi connectivity index (χ4v) is 3.83. The first-order valence-electron chi connectivity index (χ1n) is 9.91. The third-order valence-corrected chi connectivity index (χ3v) is 5.25. The highest BCUT2D eigenvalue weighted by atomic mass is 16.5. The van der Waals surface area contributed by atoms with E-state index in [1.165, 1.54) is 0 Å². The average molecular weight is 406 g/mol. The molecule has 0 aliphatic carbocycles. The Bertz CT molecular complexity index is 1100. The van der Waals surface area contributed by atoms with Crippen LogP contribution >= 0.6 is 0 Å². The van der Waals surface area contributed by atoms with Gasteiger partial charge in [0.05, 0.1) is 24.9 Å². The summed E-state index contributed by atoms with van der Waals surface area (Å²) < 4.78 is 13.3. The van der Waals surface area contributed by atoms with Crippen molar-refractivity contribution in [2.24, 2.45) is 7.05 Å². The number of ether oxygens (including phenoxy) is 2. The molecule has 1 unspecified atom stereocenters. The lowest BCUT2D eigenvalue weighted by Gasteiger charge is -2.43. The molecule has 1 atom stereocenters. The molecule has 0 N–H and O–H groups in total. The molecule has 0 bridgehead atoms. The van der Waals surface area contributed by atoms with Gasteiger partial charge >= 0.3 is 0 Å². The van der Waals surface area contributed by atoms with E-state index in [9.17, 15) is 4.79 Å². The fourth-order valence-electron chi connectivity index (χ4n) is 3.83. The normalized spacial score (nSPS) is 18.3. The predicted octanol–water partition coefficient (Wildman–Crippen LogP) is 3.21. The second kappa shape index (κ2) is 7.91. The summed E-state index contributed by atoms with van der Waals surface area (Å²) in [5.74, 6) is 1.41. The lowest BCUT2D eigenvalue weighted by atomic mass is 10.0. The summed E-state index contributed by atoms with van der Waals surface area (Å²) in [6.07, 6.45) is 3.22. The molecule has 7 heteroatoms. The van der Waals surface area contributed by atoms with Gasteiger partial charge in [-0.15, -0.1) is 0 Å². The Morgan fingerprint density at radius 3 is 2.67 bits per heavy atom. The summed E-state index contributed by atoms with van der Waals surface area (Å²) in [7, 11) is 3.41. The molecule has 3 aromatic rings. The maximum Gasteiger partial charge on any atom is 0.255 e. The van der Waals surface area contributed by atoms with Gasteiger partial charge in [0.15, 0.2) is 0 Å². The van der Waals surface area contributed by atoms with Crippen LogP contribution in [0.1, 0.15) is 25.5 Å². The molecule has 0 saturated carbocycles.